The van der Waals surface area contributed by atoms with E-state index in [1.165, 1.54) is 17.9 Å². The Morgan fingerprint density at radius 3 is 2.73 bits per heavy atom. The van der Waals surface area contributed by atoms with Crippen LogP contribution in [0, 0.1) is 5.92 Å². The molecule has 4 heterocycles. The third-order valence-electron chi connectivity index (χ3n) is 6.43. The van der Waals surface area contributed by atoms with Crippen LogP contribution in [-0.2, 0) is 17.8 Å². The number of pyridine rings is 1. The summed E-state index contributed by atoms with van der Waals surface area (Å²) in [7, 11) is 1.40. The minimum atomic E-state index is -0.313. The van der Waals surface area contributed by atoms with E-state index in [1.54, 1.807) is 0 Å². The number of methoxy groups -OCH3 is 1. The SMILES string of the molecule is COC(=O)c1ccc(Cn2ccc3c2=NCC(C2=CCN(Cc4ccccn4)CC2)C=3)cc1. The summed E-state index contributed by atoms with van der Waals surface area (Å²) in [5.74, 6) is 0.0668. The Bertz CT molecular complexity index is 1280. The highest BCUT2D eigenvalue weighted by Crippen LogP contribution is 2.23. The van der Waals surface area contributed by atoms with Crippen molar-refractivity contribution in [2.45, 2.75) is 19.5 Å². The zero-order valence-corrected chi connectivity index (χ0v) is 18.9. The number of hydrogen-bond acceptors (Lipinski definition) is 5. The normalized spacial score (nSPS) is 18.0. The van der Waals surface area contributed by atoms with Crippen molar-refractivity contribution in [1.82, 2.24) is 14.5 Å². The second kappa shape index (κ2) is 9.55. The van der Waals surface area contributed by atoms with E-state index < -0.39 is 0 Å². The minimum absolute atomic E-state index is 0.313. The van der Waals surface area contributed by atoms with Gasteiger partial charge in [0.2, 0.25) is 0 Å². The number of hydrogen-bond donors (Lipinski definition) is 0. The van der Waals surface area contributed by atoms with Gasteiger partial charge in [0, 0.05) is 49.7 Å². The molecule has 0 radical (unpaired) electrons. The van der Waals surface area contributed by atoms with Crippen LogP contribution in [0.15, 0.2) is 77.6 Å². The fourth-order valence-corrected chi connectivity index (χ4v) is 4.59. The van der Waals surface area contributed by atoms with Crippen molar-refractivity contribution < 1.29 is 9.53 Å². The molecule has 0 fully saturated rings. The molecule has 1 atom stereocenters. The molecule has 5 rings (SSSR count). The van der Waals surface area contributed by atoms with Crippen LogP contribution in [0.5, 0.6) is 0 Å². The van der Waals surface area contributed by atoms with Gasteiger partial charge in [-0.15, -0.1) is 0 Å². The molecule has 2 aliphatic rings. The Morgan fingerprint density at radius 2 is 2.00 bits per heavy atom. The third-order valence-corrected chi connectivity index (χ3v) is 6.43. The molecule has 0 spiro atoms. The van der Waals surface area contributed by atoms with Crippen LogP contribution >= 0.6 is 0 Å². The Morgan fingerprint density at radius 1 is 1.12 bits per heavy atom. The Labute approximate surface area is 193 Å². The molecule has 0 bridgehead atoms. The van der Waals surface area contributed by atoms with Crippen molar-refractivity contribution in [1.29, 1.82) is 0 Å². The standard InChI is InChI=1S/C27H28N4O2/c1-33-27(32)22-7-5-20(6-8-22)18-31-15-11-23-16-24(17-29-26(23)31)21-9-13-30(14-10-21)19-25-4-2-3-12-28-25/h2-9,11-12,15-16,24H,10,13-14,17-19H2,1H3. The molecule has 1 unspecified atom stereocenters. The number of benzene rings is 1. The van der Waals surface area contributed by atoms with Crippen LogP contribution in [0.1, 0.15) is 28.0 Å². The number of ether oxygens (including phenoxy) is 1. The van der Waals surface area contributed by atoms with Gasteiger partial charge in [-0.1, -0.05) is 35.9 Å². The molecule has 6 heteroatoms. The fraction of sp³-hybridized carbons (Fsp3) is 0.296. The lowest BCUT2D eigenvalue weighted by molar-refractivity contribution is 0.0600. The Balaban J connectivity index is 1.25. The van der Waals surface area contributed by atoms with Crippen molar-refractivity contribution in [3.8, 4) is 0 Å². The lowest BCUT2D eigenvalue weighted by Gasteiger charge is -2.28. The average Bonchev–Trinajstić information content (AvgIpc) is 3.27. The molecule has 168 valence electrons. The smallest absolute Gasteiger partial charge is 0.337 e. The number of fused-ring (bicyclic) bond motifs is 1. The molecule has 0 aliphatic carbocycles. The maximum atomic E-state index is 11.6. The van der Waals surface area contributed by atoms with Crippen molar-refractivity contribution >= 4 is 12.0 Å². The topological polar surface area (TPSA) is 59.7 Å². The van der Waals surface area contributed by atoms with Gasteiger partial charge in [0.15, 0.2) is 0 Å². The summed E-state index contributed by atoms with van der Waals surface area (Å²) in [6.45, 7) is 4.44. The quantitative estimate of drug-likeness (QED) is 0.437. The molecular formula is C27H28N4O2. The van der Waals surface area contributed by atoms with Gasteiger partial charge in [0.25, 0.3) is 0 Å². The van der Waals surface area contributed by atoms with Gasteiger partial charge in [0.05, 0.1) is 24.9 Å². The number of rotatable bonds is 6. The predicted octanol–water partition coefficient (Wildman–Crippen LogP) is 2.58. The molecular weight excluding hydrogens is 412 g/mol. The van der Waals surface area contributed by atoms with Crippen LogP contribution in [0.2, 0.25) is 0 Å². The van der Waals surface area contributed by atoms with Gasteiger partial charge in [-0.25, -0.2) is 4.79 Å². The first-order valence-electron chi connectivity index (χ1n) is 11.4. The summed E-state index contributed by atoms with van der Waals surface area (Å²) in [6.07, 6.45) is 9.80. The summed E-state index contributed by atoms with van der Waals surface area (Å²) in [5, 5.41) is 1.20. The van der Waals surface area contributed by atoms with Crippen molar-refractivity contribution in [3.05, 3.63) is 100 Å². The molecule has 33 heavy (non-hydrogen) atoms. The molecule has 1 aromatic carbocycles. The van der Waals surface area contributed by atoms with Gasteiger partial charge < -0.3 is 9.30 Å². The second-order valence-electron chi connectivity index (χ2n) is 8.61. The number of nitrogens with zero attached hydrogens (tertiary/aromatic N) is 4. The predicted molar refractivity (Wildman–Crippen MR) is 127 cm³/mol. The van der Waals surface area contributed by atoms with E-state index >= 15 is 0 Å². The van der Waals surface area contributed by atoms with Gasteiger partial charge in [0.1, 0.15) is 5.49 Å². The van der Waals surface area contributed by atoms with E-state index in [4.69, 9.17) is 9.73 Å². The largest absolute Gasteiger partial charge is 0.465 e. The van der Waals surface area contributed by atoms with Gasteiger partial charge in [-0.05, 0) is 42.3 Å². The average molecular weight is 441 g/mol. The van der Waals surface area contributed by atoms with E-state index in [0.717, 1.165) is 55.9 Å². The molecule has 0 saturated carbocycles. The summed E-state index contributed by atoms with van der Waals surface area (Å²) in [6, 6.07) is 15.8. The second-order valence-corrected chi connectivity index (χ2v) is 8.61. The van der Waals surface area contributed by atoms with Crippen LogP contribution in [0.25, 0.3) is 6.08 Å². The first kappa shape index (κ1) is 21.3. The molecule has 0 N–H and O–H groups in total. The van der Waals surface area contributed by atoms with Gasteiger partial charge in [-0.3, -0.25) is 14.9 Å². The Kier molecular flexibility index (Phi) is 6.17. The van der Waals surface area contributed by atoms with Crippen LogP contribution < -0.4 is 10.7 Å². The van der Waals surface area contributed by atoms with E-state index in [-0.39, 0.29) is 5.97 Å². The zero-order chi connectivity index (χ0) is 22.6. The molecule has 6 nitrogen and oxygen atoms in total. The molecule has 2 aromatic heterocycles. The lowest BCUT2D eigenvalue weighted by Crippen LogP contribution is -2.36. The van der Waals surface area contributed by atoms with Gasteiger partial charge >= 0.3 is 5.97 Å². The van der Waals surface area contributed by atoms with Crippen LogP contribution in [0.3, 0.4) is 0 Å². The van der Waals surface area contributed by atoms with E-state index in [0.29, 0.717) is 11.5 Å². The third kappa shape index (κ3) is 4.81. The Hall–Kier alpha value is -3.51. The molecule has 0 saturated heterocycles. The molecule has 3 aromatic rings. The summed E-state index contributed by atoms with van der Waals surface area (Å²) in [5.41, 5.74) is 5.35. The fourth-order valence-electron chi connectivity index (χ4n) is 4.59. The van der Waals surface area contributed by atoms with Gasteiger partial charge in [-0.2, -0.15) is 0 Å². The summed E-state index contributed by atoms with van der Waals surface area (Å²) < 4.78 is 6.96. The van der Waals surface area contributed by atoms with Crippen LogP contribution in [-0.4, -0.2) is 47.2 Å². The highest BCUT2D eigenvalue weighted by Gasteiger charge is 2.20. The summed E-state index contributed by atoms with van der Waals surface area (Å²) in [4.78, 5) is 23.5. The number of aromatic nitrogens is 2. The molecule has 0 amide bonds. The maximum absolute atomic E-state index is 11.6. The number of carbonyl (C=O) groups is 1. The highest BCUT2D eigenvalue weighted by atomic mass is 16.5. The van der Waals surface area contributed by atoms with Crippen molar-refractivity contribution in [2.24, 2.45) is 10.9 Å². The number of carbonyl (C=O) groups excluding carboxylic acids is 1. The first-order valence-corrected chi connectivity index (χ1v) is 11.4. The van der Waals surface area contributed by atoms with E-state index in [2.05, 4.69) is 44.9 Å². The zero-order valence-electron chi connectivity index (χ0n) is 18.9. The van der Waals surface area contributed by atoms with Crippen LogP contribution in [0.4, 0.5) is 0 Å². The minimum Gasteiger partial charge on any atom is -0.465 e. The van der Waals surface area contributed by atoms with Crippen molar-refractivity contribution in [2.75, 3.05) is 26.7 Å². The van der Waals surface area contributed by atoms with E-state index in [9.17, 15) is 4.79 Å². The lowest BCUT2D eigenvalue weighted by atomic mass is 9.92. The van der Waals surface area contributed by atoms with Crippen molar-refractivity contribution in [3.63, 3.8) is 0 Å². The molecule has 2 aliphatic heterocycles. The summed E-state index contributed by atoms with van der Waals surface area (Å²) >= 11 is 0. The monoisotopic (exact) mass is 440 g/mol. The van der Waals surface area contributed by atoms with E-state index in [1.807, 2.05) is 42.6 Å². The maximum Gasteiger partial charge on any atom is 0.337 e. The number of esters is 1. The highest BCUT2D eigenvalue weighted by molar-refractivity contribution is 5.89. The first-order chi connectivity index (χ1) is 16.2.